The van der Waals surface area contributed by atoms with Crippen LogP contribution >= 0.6 is 11.6 Å². The second-order valence-corrected chi connectivity index (χ2v) is 4.58. The highest BCUT2D eigenvalue weighted by Crippen LogP contribution is 2.11. The van der Waals surface area contributed by atoms with E-state index in [0.717, 1.165) is 12.0 Å². The number of hydrogen-bond donors (Lipinski definition) is 1. The van der Waals surface area contributed by atoms with Crippen molar-refractivity contribution in [3.63, 3.8) is 0 Å². The number of hydrogen-bond acceptors (Lipinski definition) is 3. The number of nitrogens with zero attached hydrogens (tertiary/aromatic N) is 1. The normalized spacial score (nSPS) is 11.8. The van der Waals surface area contributed by atoms with Crippen molar-refractivity contribution in [2.75, 3.05) is 6.54 Å². The number of carbonyl (C=O) groups is 2. The van der Waals surface area contributed by atoms with Crippen molar-refractivity contribution in [1.29, 1.82) is 5.26 Å². The molecule has 0 spiro atoms. The van der Waals surface area contributed by atoms with Gasteiger partial charge in [-0.3, -0.25) is 9.59 Å². The van der Waals surface area contributed by atoms with Crippen LogP contribution in [0, 0.1) is 17.2 Å². The Hall–Kier alpha value is -2.12. The first kappa shape index (κ1) is 15.9. The standard InChI is InChI=1S/C15H15ClN2O2/c1-2-9-18-15(20)13(10-17)14(19)8-5-11-3-6-12(16)7-4-11/h3-8,13H,2,9H2,1H3,(H,18,20)/b8-5+. The largest absolute Gasteiger partial charge is 0.355 e. The summed E-state index contributed by atoms with van der Waals surface area (Å²) in [4.78, 5) is 23.4. The van der Waals surface area contributed by atoms with Crippen molar-refractivity contribution < 1.29 is 9.59 Å². The van der Waals surface area contributed by atoms with E-state index >= 15 is 0 Å². The predicted octanol–water partition coefficient (Wildman–Crippen LogP) is 2.59. The lowest BCUT2D eigenvalue weighted by molar-refractivity contribution is -0.129. The van der Waals surface area contributed by atoms with Crippen LogP contribution in [0.5, 0.6) is 0 Å². The average Bonchev–Trinajstić information content (AvgIpc) is 2.45. The number of nitrogens with one attached hydrogen (secondary N) is 1. The van der Waals surface area contributed by atoms with Gasteiger partial charge in [-0.1, -0.05) is 36.7 Å². The van der Waals surface area contributed by atoms with Crippen LogP contribution < -0.4 is 5.32 Å². The molecule has 1 N–H and O–H groups in total. The number of allylic oxidation sites excluding steroid dienone is 1. The van der Waals surface area contributed by atoms with Gasteiger partial charge in [-0.25, -0.2) is 0 Å². The number of benzene rings is 1. The first-order valence-corrected chi connectivity index (χ1v) is 6.61. The lowest BCUT2D eigenvalue weighted by atomic mass is 10.0. The molecular formula is C15H15ClN2O2. The van der Waals surface area contributed by atoms with Gasteiger partial charge in [-0.15, -0.1) is 0 Å². The van der Waals surface area contributed by atoms with E-state index in [1.807, 2.05) is 6.92 Å². The third-order valence-electron chi connectivity index (χ3n) is 2.54. The fourth-order valence-corrected chi connectivity index (χ4v) is 1.58. The zero-order valence-electron chi connectivity index (χ0n) is 11.1. The zero-order valence-corrected chi connectivity index (χ0v) is 11.9. The summed E-state index contributed by atoms with van der Waals surface area (Å²) in [6, 6.07) is 8.60. The number of rotatable bonds is 6. The van der Waals surface area contributed by atoms with E-state index in [1.54, 1.807) is 36.4 Å². The summed E-state index contributed by atoms with van der Waals surface area (Å²) in [6.45, 7) is 2.34. The zero-order chi connectivity index (χ0) is 15.0. The van der Waals surface area contributed by atoms with Crippen molar-refractivity contribution in [1.82, 2.24) is 5.32 Å². The van der Waals surface area contributed by atoms with E-state index in [-0.39, 0.29) is 0 Å². The maximum absolute atomic E-state index is 11.8. The lowest BCUT2D eigenvalue weighted by Gasteiger charge is -2.06. The predicted molar refractivity (Wildman–Crippen MR) is 77.9 cm³/mol. The molecule has 1 atom stereocenters. The van der Waals surface area contributed by atoms with Crippen LogP contribution in [0.15, 0.2) is 30.3 Å². The molecule has 1 amide bonds. The summed E-state index contributed by atoms with van der Waals surface area (Å²) in [5.74, 6) is -2.39. The third kappa shape index (κ3) is 4.87. The lowest BCUT2D eigenvalue weighted by Crippen LogP contribution is -2.34. The molecule has 104 valence electrons. The van der Waals surface area contributed by atoms with Gasteiger partial charge in [-0.2, -0.15) is 5.26 Å². The van der Waals surface area contributed by atoms with Gasteiger partial charge < -0.3 is 5.32 Å². The van der Waals surface area contributed by atoms with Crippen molar-refractivity contribution >= 4 is 29.4 Å². The van der Waals surface area contributed by atoms with Crippen molar-refractivity contribution in [2.24, 2.45) is 5.92 Å². The van der Waals surface area contributed by atoms with Gasteiger partial charge in [0.05, 0.1) is 6.07 Å². The molecule has 0 aliphatic carbocycles. The molecule has 0 aliphatic heterocycles. The van der Waals surface area contributed by atoms with E-state index in [1.165, 1.54) is 6.08 Å². The van der Waals surface area contributed by atoms with E-state index in [4.69, 9.17) is 16.9 Å². The summed E-state index contributed by atoms with van der Waals surface area (Å²) in [6.07, 6.45) is 3.54. The monoisotopic (exact) mass is 290 g/mol. The van der Waals surface area contributed by atoms with Crippen molar-refractivity contribution in [3.05, 3.63) is 40.9 Å². The fourth-order valence-electron chi connectivity index (χ4n) is 1.45. The molecule has 5 heteroatoms. The highest BCUT2D eigenvalue weighted by molar-refractivity contribution is 6.30. The highest BCUT2D eigenvalue weighted by atomic mass is 35.5. The molecule has 4 nitrogen and oxygen atoms in total. The molecule has 1 aromatic rings. The number of halogens is 1. The van der Waals surface area contributed by atoms with Gasteiger partial charge in [0.15, 0.2) is 11.7 Å². The Labute approximate surface area is 123 Å². The molecule has 0 heterocycles. The molecule has 0 fully saturated rings. The summed E-state index contributed by atoms with van der Waals surface area (Å²) in [5.41, 5.74) is 0.772. The fraction of sp³-hybridized carbons (Fsp3) is 0.267. The molecule has 0 aromatic heterocycles. The molecule has 0 bridgehead atoms. The molecular weight excluding hydrogens is 276 g/mol. The maximum atomic E-state index is 11.8. The Kier molecular flexibility index (Phi) is 6.48. The van der Waals surface area contributed by atoms with Gasteiger partial charge in [0, 0.05) is 11.6 Å². The van der Waals surface area contributed by atoms with Crippen molar-refractivity contribution in [2.45, 2.75) is 13.3 Å². The minimum Gasteiger partial charge on any atom is -0.355 e. The van der Waals surface area contributed by atoms with Crippen LogP contribution in [-0.2, 0) is 9.59 Å². The van der Waals surface area contributed by atoms with Gasteiger partial charge in [0.25, 0.3) is 0 Å². The average molecular weight is 291 g/mol. The number of amides is 1. The molecule has 1 unspecified atom stereocenters. The molecule has 0 saturated heterocycles. The Bertz CT molecular complexity index is 544. The Balaban J connectivity index is 2.70. The Morgan fingerprint density at radius 3 is 2.60 bits per heavy atom. The number of carbonyl (C=O) groups excluding carboxylic acids is 2. The van der Waals surface area contributed by atoms with E-state index in [9.17, 15) is 9.59 Å². The number of nitriles is 1. The molecule has 20 heavy (non-hydrogen) atoms. The second kappa shape index (κ2) is 8.13. The quantitative estimate of drug-likeness (QED) is 0.646. The van der Waals surface area contributed by atoms with E-state index in [0.29, 0.717) is 11.6 Å². The van der Waals surface area contributed by atoms with Crippen LogP contribution in [-0.4, -0.2) is 18.2 Å². The molecule has 0 saturated carbocycles. The summed E-state index contributed by atoms with van der Waals surface area (Å²) in [5, 5.41) is 12.1. The first-order chi connectivity index (χ1) is 9.58. The summed E-state index contributed by atoms with van der Waals surface area (Å²) in [7, 11) is 0. The van der Waals surface area contributed by atoms with Crippen LogP contribution in [0.1, 0.15) is 18.9 Å². The smallest absolute Gasteiger partial charge is 0.245 e. The third-order valence-corrected chi connectivity index (χ3v) is 2.79. The Morgan fingerprint density at radius 2 is 2.05 bits per heavy atom. The first-order valence-electron chi connectivity index (χ1n) is 6.23. The Morgan fingerprint density at radius 1 is 1.40 bits per heavy atom. The van der Waals surface area contributed by atoms with E-state index in [2.05, 4.69) is 5.32 Å². The van der Waals surface area contributed by atoms with E-state index < -0.39 is 17.6 Å². The van der Waals surface area contributed by atoms with Gasteiger partial charge in [-0.05, 0) is 30.2 Å². The van der Waals surface area contributed by atoms with Crippen LogP contribution in [0.2, 0.25) is 5.02 Å². The van der Waals surface area contributed by atoms with Gasteiger partial charge >= 0.3 is 0 Å². The minimum absolute atomic E-state index is 0.450. The topological polar surface area (TPSA) is 70.0 Å². The van der Waals surface area contributed by atoms with Crippen LogP contribution in [0.3, 0.4) is 0 Å². The minimum atomic E-state index is -1.30. The van der Waals surface area contributed by atoms with Crippen LogP contribution in [0.4, 0.5) is 0 Å². The molecule has 1 rings (SSSR count). The maximum Gasteiger partial charge on any atom is 0.245 e. The van der Waals surface area contributed by atoms with Crippen LogP contribution in [0.25, 0.3) is 6.08 Å². The molecule has 1 aromatic carbocycles. The highest BCUT2D eigenvalue weighted by Gasteiger charge is 2.23. The van der Waals surface area contributed by atoms with Gasteiger partial charge in [0.1, 0.15) is 0 Å². The van der Waals surface area contributed by atoms with Crippen molar-refractivity contribution in [3.8, 4) is 6.07 Å². The van der Waals surface area contributed by atoms with Gasteiger partial charge in [0.2, 0.25) is 5.91 Å². The molecule has 0 radical (unpaired) electrons. The SMILES string of the molecule is CCCNC(=O)C(C#N)C(=O)/C=C/c1ccc(Cl)cc1. The molecule has 0 aliphatic rings. The second-order valence-electron chi connectivity index (χ2n) is 4.14. The summed E-state index contributed by atoms with van der Waals surface area (Å²) < 4.78 is 0. The summed E-state index contributed by atoms with van der Waals surface area (Å²) >= 11 is 5.75. The number of ketones is 1.